The fourth-order valence-corrected chi connectivity index (χ4v) is 3.69. The summed E-state index contributed by atoms with van der Waals surface area (Å²) in [4.78, 5) is 28.3. The van der Waals surface area contributed by atoms with Crippen molar-refractivity contribution in [2.45, 2.75) is 52.0 Å². The van der Waals surface area contributed by atoms with E-state index < -0.39 is 0 Å². The second-order valence-electron chi connectivity index (χ2n) is 6.02. The lowest BCUT2D eigenvalue weighted by Crippen LogP contribution is -2.44. The molecule has 0 aliphatic carbocycles. The highest BCUT2D eigenvalue weighted by Crippen LogP contribution is 2.17. The van der Waals surface area contributed by atoms with E-state index in [2.05, 4.69) is 17.1 Å². The number of hydrogen-bond donors (Lipinski definition) is 1. The highest BCUT2D eigenvalue weighted by atomic mass is 32.1. The van der Waals surface area contributed by atoms with Gasteiger partial charge in [-0.05, 0) is 44.9 Å². The third-order valence-electron chi connectivity index (χ3n) is 4.09. The summed E-state index contributed by atoms with van der Waals surface area (Å²) in [6, 6.07) is 4.07. The van der Waals surface area contributed by atoms with Crippen molar-refractivity contribution in [1.82, 2.24) is 10.2 Å². The lowest BCUT2D eigenvalue weighted by Gasteiger charge is -2.32. The number of thiophene rings is 1. The molecule has 0 radical (unpaired) electrons. The Labute approximate surface area is 136 Å². The van der Waals surface area contributed by atoms with Crippen LogP contribution in [-0.2, 0) is 4.79 Å². The molecular formula is C17H26N2O2S. The molecular weight excluding hydrogens is 296 g/mol. The van der Waals surface area contributed by atoms with E-state index >= 15 is 0 Å². The van der Waals surface area contributed by atoms with Crippen LogP contribution in [0, 0.1) is 6.92 Å². The zero-order chi connectivity index (χ0) is 15.9. The topological polar surface area (TPSA) is 49.4 Å². The summed E-state index contributed by atoms with van der Waals surface area (Å²) >= 11 is 1.50. The zero-order valence-corrected chi connectivity index (χ0v) is 14.4. The molecule has 0 spiro atoms. The second-order valence-corrected chi connectivity index (χ2v) is 7.30. The van der Waals surface area contributed by atoms with Crippen LogP contribution in [0.4, 0.5) is 0 Å². The summed E-state index contributed by atoms with van der Waals surface area (Å²) in [7, 11) is 0. The predicted molar refractivity (Wildman–Crippen MR) is 90.5 cm³/mol. The first kappa shape index (κ1) is 17.2. The van der Waals surface area contributed by atoms with E-state index in [-0.39, 0.29) is 17.7 Å². The largest absolute Gasteiger partial charge is 0.353 e. The number of hydrogen-bond acceptors (Lipinski definition) is 4. The van der Waals surface area contributed by atoms with Gasteiger partial charge in [0, 0.05) is 36.9 Å². The number of ketones is 1. The van der Waals surface area contributed by atoms with Crippen molar-refractivity contribution in [3.05, 3.63) is 21.9 Å². The number of Topliss-reactive ketones (excluding diaryl/α,β-unsaturated/α-hetero) is 1. The van der Waals surface area contributed by atoms with Gasteiger partial charge in [-0.2, -0.15) is 0 Å². The first-order valence-corrected chi connectivity index (χ1v) is 9.01. The molecule has 1 aliphatic heterocycles. The van der Waals surface area contributed by atoms with Crippen LogP contribution >= 0.6 is 11.3 Å². The molecule has 0 saturated carbocycles. The van der Waals surface area contributed by atoms with Crippen molar-refractivity contribution in [2.75, 3.05) is 19.6 Å². The number of amides is 1. The maximum atomic E-state index is 12.0. The van der Waals surface area contributed by atoms with Gasteiger partial charge in [-0.1, -0.05) is 6.92 Å². The smallest absolute Gasteiger partial charge is 0.220 e. The van der Waals surface area contributed by atoms with Crippen molar-refractivity contribution in [3.63, 3.8) is 0 Å². The van der Waals surface area contributed by atoms with Gasteiger partial charge >= 0.3 is 0 Å². The minimum atomic E-state index is 0.00979. The van der Waals surface area contributed by atoms with Crippen LogP contribution in [0.5, 0.6) is 0 Å². The number of rotatable bonds is 7. The number of aryl methyl sites for hydroxylation is 1. The highest BCUT2D eigenvalue weighted by Gasteiger charge is 2.20. The van der Waals surface area contributed by atoms with Crippen LogP contribution < -0.4 is 5.32 Å². The fraction of sp³-hybridized carbons (Fsp3) is 0.647. The zero-order valence-electron chi connectivity index (χ0n) is 13.6. The molecule has 1 amide bonds. The van der Waals surface area contributed by atoms with Gasteiger partial charge in [0.15, 0.2) is 5.78 Å². The molecule has 22 heavy (non-hydrogen) atoms. The Kier molecular flexibility index (Phi) is 6.58. The van der Waals surface area contributed by atoms with E-state index in [1.807, 2.05) is 19.1 Å². The molecule has 0 aromatic carbocycles. The molecule has 2 rings (SSSR count). The molecule has 0 atom stereocenters. The molecule has 1 saturated heterocycles. The van der Waals surface area contributed by atoms with E-state index in [1.165, 1.54) is 17.8 Å². The van der Waals surface area contributed by atoms with E-state index in [0.29, 0.717) is 12.8 Å². The Morgan fingerprint density at radius 1 is 1.27 bits per heavy atom. The Balaban J connectivity index is 1.67. The number of nitrogens with zero attached hydrogens (tertiary/aromatic N) is 1. The Hall–Kier alpha value is -1.20. The van der Waals surface area contributed by atoms with Crippen molar-refractivity contribution >= 4 is 23.0 Å². The lowest BCUT2D eigenvalue weighted by atomic mass is 10.0. The van der Waals surface area contributed by atoms with Crippen LogP contribution in [0.15, 0.2) is 12.1 Å². The van der Waals surface area contributed by atoms with E-state index in [4.69, 9.17) is 0 Å². The normalized spacial score (nSPS) is 16.6. The van der Waals surface area contributed by atoms with Crippen LogP contribution in [0.25, 0.3) is 0 Å². The minimum Gasteiger partial charge on any atom is -0.353 e. The summed E-state index contributed by atoms with van der Waals surface area (Å²) in [6.45, 7) is 7.45. The molecule has 0 unspecified atom stereocenters. The molecule has 1 N–H and O–H groups in total. The monoisotopic (exact) mass is 322 g/mol. The molecule has 2 heterocycles. The SMILES string of the molecule is CCCN1CCC(NC(=O)CCC(=O)c2ccc(C)s2)CC1. The quantitative estimate of drug-likeness (QED) is 0.785. The van der Waals surface area contributed by atoms with Crippen LogP contribution in [-0.4, -0.2) is 42.3 Å². The van der Waals surface area contributed by atoms with Gasteiger partial charge in [-0.25, -0.2) is 0 Å². The molecule has 1 aliphatic rings. The number of carbonyl (C=O) groups excluding carboxylic acids is 2. The van der Waals surface area contributed by atoms with Crippen molar-refractivity contribution in [2.24, 2.45) is 0 Å². The van der Waals surface area contributed by atoms with Gasteiger partial charge in [0.1, 0.15) is 0 Å². The van der Waals surface area contributed by atoms with Crippen molar-refractivity contribution in [3.8, 4) is 0 Å². The molecule has 1 fully saturated rings. The van der Waals surface area contributed by atoms with E-state index in [9.17, 15) is 9.59 Å². The number of piperidine rings is 1. The molecule has 4 nitrogen and oxygen atoms in total. The molecule has 5 heteroatoms. The Morgan fingerprint density at radius 3 is 2.59 bits per heavy atom. The molecule has 1 aromatic heterocycles. The van der Waals surface area contributed by atoms with Gasteiger partial charge in [0.2, 0.25) is 5.91 Å². The third kappa shape index (κ3) is 5.21. The van der Waals surface area contributed by atoms with Crippen LogP contribution in [0.2, 0.25) is 0 Å². The average Bonchev–Trinajstić information content (AvgIpc) is 2.94. The van der Waals surface area contributed by atoms with E-state index in [1.54, 1.807) is 0 Å². The number of nitrogens with one attached hydrogen (secondary N) is 1. The Bertz CT molecular complexity index is 505. The van der Waals surface area contributed by atoms with Gasteiger partial charge in [0.25, 0.3) is 0 Å². The fourth-order valence-electron chi connectivity index (χ4n) is 2.85. The second kappa shape index (κ2) is 8.44. The summed E-state index contributed by atoms with van der Waals surface area (Å²) in [5.74, 6) is 0.0848. The molecule has 1 aromatic rings. The molecule has 0 bridgehead atoms. The van der Waals surface area contributed by atoms with Crippen LogP contribution in [0.1, 0.15) is 53.6 Å². The van der Waals surface area contributed by atoms with Gasteiger partial charge in [-0.15, -0.1) is 11.3 Å². The van der Waals surface area contributed by atoms with Crippen molar-refractivity contribution in [1.29, 1.82) is 0 Å². The summed E-state index contributed by atoms with van der Waals surface area (Å²) in [5, 5.41) is 3.08. The number of carbonyl (C=O) groups is 2. The van der Waals surface area contributed by atoms with Gasteiger partial charge in [0.05, 0.1) is 4.88 Å². The Morgan fingerprint density at radius 2 is 2.00 bits per heavy atom. The van der Waals surface area contributed by atoms with E-state index in [0.717, 1.165) is 42.2 Å². The van der Waals surface area contributed by atoms with Crippen LogP contribution in [0.3, 0.4) is 0 Å². The standard InChI is InChI=1S/C17H26N2O2S/c1-3-10-19-11-8-14(9-12-19)18-17(21)7-5-15(20)16-6-4-13(2)22-16/h4,6,14H,3,5,7-12H2,1-2H3,(H,18,21). The minimum absolute atomic E-state index is 0.00979. The van der Waals surface area contributed by atoms with Gasteiger partial charge < -0.3 is 10.2 Å². The molecule has 122 valence electrons. The average molecular weight is 322 g/mol. The first-order valence-electron chi connectivity index (χ1n) is 8.20. The predicted octanol–water partition coefficient (Wildman–Crippen LogP) is 3.01. The maximum absolute atomic E-state index is 12.0. The lowest BCUT2D eigenvalue weighted by molar-refractivity contribution is -0.122. The summed E-state index contributed by atoms with van der Waals surface area (Å²) < 4.78 is 0. The van der Waals surface area contributed by atoms with Gasteiger partial charge in [-0.3, -0.25) is 9.59 Å². The summed E-state index contributed by atoms with van der Waals surface area (Å²) in [6.07, 6.45) is 3.82. The first-order chi connectivity index (χ1) is 10.6. The third-order valence-corrected chi connectivity index (χ3v) is 5.13. The summed E-state index contributed by atoms with van der Waals surface area (Å²) in [5.41, 5.74) is 0. The highest BCUT2D eigenvalue weighted by molar-refractivity contribution is 7.14. The number of likely N-dealkylation sites (tertiary alicyclic amines) is 1. The maximum Gasteiger partial charge on any atom is 0.220 e. The van der Waals surface area contributed by atoms with Crippen molar-refractivity contribution < 1.29 is 9.59 Å².